The minimum absolute atomic E-state index is 0.00794. The second-order valence-electron chi connectivity index (χ2n) is 9.48. The lowest BCUT2D eigenvalue weighted by atomic mass is 9.88. The van der Waals surface area contributed by atoms with Gasteiger partial charge in [-0.3, -0.25) is 14.6 Å². The summed E-state index contributed by atoms with van der Waals surface area (Å²) in [6.45, 7) is 3.99. The highest BCUT2D eigenvalue weighted by atomic mass is 19.4. The molecule has 6 nitrogen and oxygen atoms in total. The Hall–Kier alpha value is -2.76. The van der Waals surface area contributed by atoms with Crippen molar-refractivity contribution in [1.29, 1.82) is 0 Å². The summed E-state index contributed by atoms with van der Waals surface area (Å²) in [5, 5.41) is 0. The molecule has 198 valence electrons. The topological polar surface area (TPSA) is 53.1 Å². The number of rotatable bonds is 3. The van der Waals surface area contributed by atoms with Crippen LogP contribution in [0.1, 0.15) is 42.9 Å². The Morgan fingerprint density at radius 3 is 2.39 bits per heavy atom. The van der Waals surface area contributed by atoms with E-state index >= 15 is 0 Å². The molecule has 1 unspecified atom stereocenters. The van der Waals surface area contributed by atoms with E-state index in [2.05, 4.69) is 15.7 Å². The number of halogens is 6. The first-order valence-electron chi connectivity index (χ1n) is 11.7. The van der Waals surface area contributed by atoms with Crippen molar-refractivity contribution in [3.63, 3.8) is 0 Å². The fraction of sp³-hybridized carbons (Fsp3) is 0.583. The molecule has 4 rings (SSSR count). The molecule has 1 fully saturated rings. The number of alkyl halides is 6. The third-order valence-corrected chi connectivity index (χ3v) is 7.24. The number of nitrogens with zero attached hydrogens (tertiary/aromatic N) is 3. The zero-order valence-corrected chi connectivity index (χ0v) is 19.7. The fourth-order valence-electron chi connectivity index (χ4n) is 5.28. The molecule has 0 bridgehead atoms. The lowest BCUT2D eigenvalue weighted by Crippen LogP contribution is -2.50. The molecule has 0 radical (unpaired) electrons. The van der Waals surface area contributed by atoms with E-state index in [0.29, 0.717) is 26.1 Å². The van der Waals surface area contributed by atoms with Crippen molar-refractivity contribution in [3.8, 4) is 0 Å². The van der Waals surface area contributed by atoms with Gasteiger partial charge in [-0.15, -0.1) is 0 Å². The van der Waals surface area contributed by atoms with E-state index in [-0.39, 0.29) is 12.5 Å². The Morgan fingerprint density at radius 1 is 1.06 bits per heavy atom. The second-order valence-corrected chi connectivity index (χ2v) is 9.48. The van der Waals surface area contributed by atoms with E-state index in [9.17, 15) is 35.9 Å². The van der Waals surface area contributed by atoms with Gasteiger partial charge in [0, 0.05) is 44.8 Å². The van der Waals surface area contributed by atoms with Gasteiger partial charge in [0.25, 0.3) is 6.10 Å². The minimum atomic E-state index is -5.76. The summed E-state index contributed by atoms with van der Waals surface area (Å²) >= 11 is 0. The van der Waals surface area contributed by atoms with E-state index in [4.69, 9.17) is 0 Å². The van der Waals surface area contributed by atoms with Gasteiger partial charge >= 0.3 is 18.4 Å². The number of fused-ring (bicyclic) bond motifs is 1. The summed E-state index contributed by atoms with van der Waals surface area (Å²) < 4.78 is 80.4. The Kier molecular flexibility index (Phi) is 7.02. The normalized spacial score (nSPS) is 22.9. The molecule has 0 N–H and O–H groups in total. The van der Waals surface area contributed by atoms with Crippen LogP contribution >= 0.6 is 0 Å². The average Bonchev–Trinajstić information content (AvgIpc) is 3.17. The molecular formula is C24H27F6N3O3. The first-order valence-corrected chi connectivity index (χ1v) is 11.7. The summed E-state index contributed by atoms with van der Waals surface area (Å²) in [6, 6.07) is 6.04. The Balaban J connectivity index is 1.48. The maximum Gasteiger partial charge on any atom is 0.434 e. The van der Waals surface area contributed by atoms with Crippen LogP contribution in [-0.4, -0.2) is 70.3 Å². The molecule has 1 saturated heterocycles. The maximum atomic E-state index is 12.8. The smallest absolute Gasteiger partial charge is 0.426 e. The van der Waals surface area contributed by atoms with Gasteiger partial charge in [0.15, 0.2) is 0 Å². The largest absolute Gasteiger partial charge is 0.434 e. The zero-order chi connectivity index (χ0) is 26.3. The fourth-order valence-corrected chi connectivity index (χ4v) is 5.28. The van der Waals surface area contributed by atoms with Crippen molar-refractivity contribution in [2.24, 2.45) is 0 Å². The van der Waals surface area contributed by atoms with E-state index in [1.54, 1.807) is 11.0 Å². The van der Waals surface area contributed by atoms with Gasteiger partial charge < -0.3 is 9.64 Å². The van der Waals surface area contributed by atoms with Crippen LogP contribution in [0.25, 0.3) is 0 Å². The first-order chi connectivity index (χ1) is 16.8. The quantitative estimate of drug-likeness (QED) is 0.540. The van der Waals surface area contributed by atoms with E-state index in [0.717, 1.165) is 41.8 Å². The van der Waals surface area contributed by atoms with Crippen molar-refractivity contribution in [3.05, 3.63) is 47.2 Å². The molecule has 0 aromatic heterocycles. The monoisotopic (exact) mass is 519 g/mol. The van der Waals surface area contributed by atoms with Gasteiger partial charge in [-0.05, 0) is 55.0 Å². The number of ether oxygens (including phenoxy) is 1. The standard InChI is InChI=1S/C24H27F6N3O3/c1-16(34)32-11-6-17-4-2-5-18(19(17)15-32)14-33-10-3-7-22(33)8-12-31(13-9-22)21(35)36-20(23(25,26)27)24(28,29)30/h2,4-5,8,12,20H,3,6-7,9-11,13-15H2,1H3. The zero-order valence-electron chi connectivity index (χ0n) is 19.7. The van der Waals surface area contributed by atoms with Gasteiger partial charge in [0.2, 0.25) is 5.91 Å². The van der Waals surface area contributed by atoms with Crippen LogP contribution in [-0.2, 0) is 29.0 Å². The molecular weight excluding hydrogens is 492 g/mol. The molecule has 1 spiro atoms. The van der Waals surface area contributed by atoms with Crippen LogP contribution in [0, 0.1) is 0 Å². The summed E-state index contributed by atoms with van der Waals surface area (Å²) in [5.74, 6) is 0.00794. The van der Waals surface area contributed by atoms with Gasteiger partial charge in [0.1, 0.15) is 0 Å². The molecule has 12 heteroatoms. The number of carbonyl (C=O) groups excluding carboxylic acids is 2. The Labute approximate surface area is 204 Å². The third kappa shape index (κ3) is 5.33. The van der Waals surface area contributed by atoms with Crippen molar-refractivity contribution in [2.75, 3.05) is 19.6 Å². The van der Waals surface area contributed by atoms with E-state index in [1.807, 2.05) is 12.1 Å². The van der Waals surface area contributed by atoms with Gasteiger partial charge in [-0.25, -0.2) is 4.79 Å². The predicted molar refractivity (Wildman–Crippen MR) is 116 cm³/mol. The highest BCUT2D eigenvalue weighted by Crippen LogP contribution is 2.40. The van der Waals surface area contributed by atoms with Crippen LogP contribution in [0.4, 0.5) is 31.1 Å². The molecule has 1 aromatic rings. The third-order valence-electron chi connectivity index (χ3n) is 7.24. The summed E-state index contributed by atoms with van der Waals surface area (Å²) in [6.07, 6.45) is -11.8. The summed E-state index contributed by atoms with van der Waals surface area (Å²) in [7, 11) is 0. The molecule has 36 heavy (non-hydrogen) atoms. The van der Waals surface area contributed by atoms with Crippen molar-refractivity contribution in [1.82, 2.24) is 14.7 Å². The highest BCUT2D eigenvalue weighted by Gasteiger charge is 2.60. The number of likely N-dealkylation sites (tertiary alicyclic amines) is 1. The number of amides is 2. The van der Waals surface area contributed by atoms with E-state index < -0.39 is 30.1 Å². The molecule has 0 saturated carbocycles. The molecule has 2 amide bonds. The van der Waals surface area contributed by atoms with Gasteiger partial charge in [0.05, 0.1) is 0 Å². The number of benzene rings is 1. The number of hydrogen-bond donors (Lipinski definition) is 0. The first kappa shape index (κ1) is 26.3. The second kappa shape index (κ2) is 9.60. The number of hydrogen-bond acceptors (Lipinski definition) is 4. The van der Waals surface area contributed by atoms with Crippen LogP contribution < -0.4 is 0 Å². The van der Waals surface area contributed by atoms with E-state index in [1.165, 1.54) is 18.7 Å². The van der Waals surface area contributed by atoms with Crippen LogP contribution in [0.5, 0.6) is 0 Å². The summed E-state index contributed by atoms with van der Waals surface area (Å²) in [5.41, 5.74) is 2.90. The van der Waals surface area contributed by atoms with Crippen LogP contribution in [0.3, 0.4) is 0 Å². The molecule has 0 aliphatic carbocycles. The van der Waals surface area contributed by atoms with Gasteiger partial charge in [-0.2, -0.15) is 26.3 Å². The molecule has 1 aromatic carbocycles. The minimum Gasteiger partial charge on any atom is -0.426 e. The lowest BCUT2D eigenvalue weighted by molar-refractivity contribution is -0.308. The SMILES string of the molecule is CC(=O)N1CCc2cccc(CN3CCCC34C=CN(C(=O)OC(C(F)(F)F)C(F)(F)F)CC4)c2C1. The summed E-state index contributed by atoms with van der Waals surface area (Å²) in [4.78, 5) is 28.8. The molecule has 1 atom stereocenters. The van der Waals surface area contributed by atoms with Crippen molar-refractivity contribution in [2.45, 2.75) is 69.7 Å². The molecule has 3 aliphatic rings. The predicted octanol–water partition coefficient (Wildman–Crippen LogP) is 4.78. The van der Waals surface area contributed by atoms with Crippen LogP contribution in [0.2, 0.25) is 0 Å². The average molecular weight is 519 g/mol. The van der Waals surface area contributed by atoms with Gasteiger partial charge in [-0.1, -0.05) is 18.2 Å². The molecule has 3 aliphatic heterocycles. The Morgan fingerprint density at radius 2 is 1.78 bits per heavy atom. The van der Waals surface area contributed by atoms with Crippen LogP contribution in [0.15, 0.2) is 30.5 Å². The van der Waals surface area contributed by atoms with Crippen molar-refractivity contribution >= 4 is 12.0 Å². The lowest BCUT2D eigenvalue weighted by Gasteiger charge is -2.41. The maximum absolute atomic E-state index is 12.8. The van der Waals surface area contributed by atoms with Crippen molar-refractivity contribution < 1.29 is 40.7 Å². The molecule has 3 heterocycles. The number of carbonyl (C=O) groups is 2. The Bertz CT molecular complexity index is 1030. The highest BCUT2D eigenvalue weighted by molar-refractivity contribution is 5.73.